The highest BCUT2D eigenvalue weighted by atomic mass is 16.5. The maximum absolute atomic E-state index is 13.1. The van der Waals surface area contributed by atoms with Crippen LogP contribution in [0.15, 0.2) is 54.6 Å². The molecule has 0 radical (unpaired) electrons. The van der Waals surface area contributed by atoms with Gasteiger partial charge in [0.05, 0.1) is 23.4 Å². The molecule has 1 aromatic heterocycles. The highest BCUT2D eigenvalue weighted by molar-refractivity contribution is 6.07. The molecule has 4 rings (SSSR count). The second kappa shape index (κ2) is 10.6. The van der Waals surface area contributed by atoms with Crippen LogP contribution in [0.25, 0.3) is 22.2 Å². The smallest absolute Gasteiger partial charge is 0.252 e. The fourth-order valence-electron chi connectivity index (χ4n) is 4.47. The summed E-state index contributed by atoms with van der Waals surface area (Å²) in [5.41, 5.74) is 3.25. The van der Waals surface area contributed by atoms with Crippen molar-refractivity contribution < 1.29 is 9.53 Å². The summed E-state index contributed by atoms with van der Waals surface area (Å²) in [5, 5.41) is 4.02. The number of pyridine rings is 1. The number of amides is 1. The summed E-state index contributed by atoms with van der Waals surface area (Å²) < 4.78 is 5.55. The third kappa shape index (κ3) is 5.28. The molecule has 0 aliphatic carbocycles. The van der Waals surface area contributed by atoms with Gasteiger partial charge < -0.3 is 15.0 Å². The highest BCUT2D eigenvalue weighted by Crippen LogP contribution is 2.26. The van der Waals surface area contributed by atoms with Crippen LogP contribution in [0.2, 0.25) is 0 Å². The topological polar surface area (TPSA) is 54.5 Å². The lowest BCUT2D eigenvalue weighted by atomic mass is 10.0. The van der Waals surface area contributed by atoms with E-state index in [1.807, 2.05) is 61.5 Å². The van der Waals surface area contributed by atoms with Crippen molar-refractivity contribution in [2.45, 2.75) is 45.6 Å². The standard InChI is InChI=1S/C27H33N3O2/c1-3-32-22-14-12-21(13-15-22)26-19-24(23-10-4-5-11-25(23)29-26)27(31)28-16-8-18-30-17-7-6-9-20(30)2/h4-5,10-15,19-20H,3,6-9,16-18H2,1-2H3,(H,28,31)/t20-/m0/s1. The van der Waals surface area contributed by atoms with Gasteiger partial charge in [-0.3, -0.25) is 4.79 Å². The molecule has 5 nitrogen and oxygen atoms in total. The van der Waals surface area contributed by atoms with Gasteiger partial charge in [-0.2, -0.15) is 0 Å². The summed E-state index contributed by atoms with van der Waals surface area (Å²) in [7, 11) is 0. The molecule has 0 bridgehead atoms. The Balaban J connectivity index is 1.48. The number of carbonyl (C=O) groups excluding carboxylic acids is 1. The van der Waals surface area contributed by atoms with Gasteiger partial charge in [-0.1, -0.05) is 24.6 Å². The predicted octanol–water partition coefficient (Wildman–Crippen LogP) is 5.29. The molecule has 2 aromatic carbocycles. The summed E-state index contributed by atoms with van der Waals surface area (Å²) >= 11 is 0. The van der Waals surface area contributed by atoms with Crippen molar-refractivity contribution in [3.63, 3.8) is 0 Å². The lowest BCUT2D eigenvalue weighted by Crippen LogP contribution is -2.39. The van der Waals surface area contributed by atoms with Crippen LogP contribution in [0.5, 0.6) is 5.75 Å². The molecular weight excluding hydrogens is 398 g/mol. The Morgan fingerprint density at radius 3 is 2.75 bits per heavy atom. The van der Waals surface area contributed by atoms with Crippen molar-refractivity contribution in [3.8, 4) is 17.0 Å². The Kier molecular flexibility index (Phi) is 7.38. The van der Waals surface area contributed by atoms with E-state index in [1.54, 1.807) is 0 Å². The molecule has 1 amide bonds. The third-order valence-corrected chi connectivity index (χ3v) is 6.27. The van der Waals surface area contributed by atoms with E-state index in [2.05, 4.69) is 17.1 Å². The van der Waals surface area contributed by atoms with Crippen LogP contribution in [-0.4, -0.2) is 48.1 Å². The first-order valence-electron chi connectivity index (χ1n) is 11.8. The van der Waals surface area contributed by atoms with Gasteiger partial charge in [0.2, 0.25) is 0 Å². The first-order chi connectivity index (χ1) is 15.7. The highest BCUT2D eigenvalue weighted by Gasteiger charge is 2.18. The Morgan fingerprint density at radius 1 is 1.16 bits per heavy atom. The first-order valence-corrected chi connectivity index (χ1v) is 11.8. The number of carbonyl (C=O) groups is 1. The number of aromatic nitrogens is 1. The Hall–Kier alpha value is -2.92. The van der Waals surface area contributed by atoms with Gasteiger partial charge in [-0.05, 0) is 76.1 Å². The number of ether oxygens (including phenoxy) is 1. The maximum atomic E-state index is 13.1. The van der Waals surface area contributed by atoms with E-state index in [4.69, 9.17) is 9.72 Å². The Morgan fingerprint density at radius 2 is 1.97 bits per heavy atom. The van der Waals surface area contributed by atoms with Crippen LogP contribution in [0.4, 0.5) is 0 Å². The number of nitrogens with one attached hydrogen (secondary N) is 1. The molecule has 1 aliphatic heterocycles. The molecule has 1 aliphatic rings. The minimum absolute atomic E-state index is 0.0394. The van der Waals surface area contributed by atoms with Gasteiger partial charge in [0.15, 0.2) is 0 Å². The van der Waals surface area contributed by atoms with E-state index in [-0.39, 0.29) is 5.91 Å². The normalized spacial score (nSPS) is 16.8. The minimum Gasteiger partial charge on any atom is -0.494 e. The van der Waals surface area contributed by atoms with Gasteiger partial charge >= 0.3 is 0 Å². The molecule has 3 aromatic rings. The van der Waals surface area contributed by atoms with Crippen LogP contribution in [0, 0.1) is 0 Å². The van der Waals surface area contributed by atoms with Gasteiger partial charge in [-0.25, -0.2) is 4.98 Å². The Bertz CT molecular complexity index is 1050. The van der Waals surface area contributed by atoms with E-state index in [9.17, 15) is 4.79 Å². The summed E-state index contributed by atoms with van der Waals surface area (Å²) in [6, 6.07) is 18.3. The largest absolute Gasteiger partial charge is 0.494 e. The number of piperidine rings is 1. The summed E-state index contributed by atoms with van der Waals surface area (Å²) in [4.78, 5) is 20.5. The van der Waals surface area contributed by atoms with E-state index in [0.717, 1.165) is 40.9 Å². The fourth-order valence-corrected chi connectivity index (χ4v) is 4.47. The van der Waals surface area contributed by atoms with Crippen LogP contribution in [0.3, 0.4) is 0 Å². The van der Waals surface area contributed by atoms with Gasteiger partial charge in [-0.15, -0.1) is 0 Å². The molecule has 1 atom stereocenters. The van der Waals surface area contributed by atoms with Crippen molar-refractivity contribution in [3.05, 3.63) is 60.2 Å². The molecule has 0 unspecified atom stereocenters. The maximum Gasteiger partial charge on any atom is 0.252 e. The zero-order valence-corrected chi connectivity index (χ0v) is 19.1. The number of para-hydroxylation sites is 1. The van der Waals surface area contributed by atoms with Crippen LogP contribution < -0.4 is 10.1 Å². The average Bonchev–Trinajstić information content (AvgIpc) is 2.82. The molecule has 5 heteroatoms. The summed E-state index contributed by atoms with van der Waals surface area (Å²) in [6.07, 6.45) is 4.86. The number of fused-ring (bicyclic) bond motifs is 1. The lowest BCUT2D eigenvalue weighted by Gasteiger charge is -2.33. The van der Waals surface area contributed by atoms with E-state index in [0.29, 0.717) is 24.8 Å². The predicted molar refractivity (Wildman–Crippen MR) is 130 cm³/mol. The average molecular weight is 432 g/mol. The van der Waals surface area contributed by atoms with Crippen molar-refractivity contribution >= 4 is 16.8 Å². The molecule has 1 saturated heterocycles. The molecule has 2 heterocycles. The quantitative estimate of drug-likeness (QED) is 0.492. The number of nitrogens with zero attached hydrogens (tertiary/aromatic N) is 2. The van der Waals surface area contributed by atoms with Crippen molar-refractivity contribution in [2.24, 2.45) is 0 Å². The second-order valence-corrected chi connectivity index (χ2v) is 8.52. The Labute approximate surface area is 190 Å². The number of benzene rings is 2. The summed E-state index contributed by atoms with van der Waals surface area (Å²) in [5.74, 6) is 0.792. The molecule has 0 spiro atoms. The third-order valence-electron chi connectivity index (χ3n) is 6.27. The van der Waals surface area contributed by atoms with E-state index in [1.165, 1.54) is 25.8 Å². The molecular formula is C27H33N3O2. The second-order valence-electron chi connectivity index (χ2n) is 8.52. The van der Waals surface area contributed by atoms with Crippen molar-refractivity contribution in [1.82, 2.24) is 15.2 Å². The van der Waals surface area contributed by atoms with E-state index >= 15 is 0 Å². The van der Waals surface area contributed by atoms with E-state index < -0.39 is 0 Å². The lowest BCUT2D eigenvalue weighted by molar-refractivity contribution is 0.0950. The van der Waals surface area contributed by atoms with Crippen LogP contribution in [-0.2, 0) is 0 Å². The molecule has 32 heavy (non-hydrogen) atoms. The zero-order valence-electron chi connectivity index (χ0n) is 19.1. The molecule has 1 N–H and O–H groups in total. The van der Waals surface area contributed by atoms with Crippen LogP contribution >= 0.6 is 0 Å². The van der Waals surface area contributed by atoms with Crippen molar-refractivity contribution in [2.75, 3.05) is 26.2 Å². The number of rotatable bonds is 8. The number of likely N-dealkylation sites (tertiary alicyclic amines) is 1. The van der Waals surface area contributed by atoms with Gasteiger partial charge in [0, 0.05) is 30.1 Å². The minimum atomic E-state index is -0.0394. The van der Waals surface area contributed by atoms with Crippen molar-refractivity contribution in [1.29, 1.82) is 0 Å². The van der Waals surface area contributed by atoms with Gasteiger partial charge in [0.1, 0.15) is 5.75 Å². The van der Waals surface area contributed by atoms with Crippen LogP contribution in [0.1, 0.15) is 49.9 Å². The zero-order chi connectivity index (χ0) is 22.3. The number of hydrogen-bond acceptors (Lipinski definition) is 4. The SMILES string of the molecule is CCOc1ccc(-c2cc(C(=O)NCCCN3CCCC[C@@H]3C)c3ccccc3n2)cc1. The molecule has 0 saturated carbocycles. The van der Waals surface area contributed by atoms with Gasteiger partial charge in [0.25, 0.3) is 5.91 Å². The summed E-state index contributed by atoms with van der Waals surface area (Å²) in [6.45, 7) is 7.80. The fraction of sp³-hybridized carbons (Fsp3) is 0.407. The number of hydrogen-bond donors (Lipinski definition) is 1. The first kappa shape index (κ1) is 22.3. The molecule has 168 valence electrons. The molecule has 1 fully saturated rings. The monoisotopic (exact) mass is 431 g/mol.